The molecule has 2 heterocycles. The lowest BCUT2D eigenvalue weighted by molar-refractivity contribution is -0.135. The van der Waals surface area contributed by atoms with Gasteiger partial charge in [-0.1, -0.05) is 12.2 Å². The number of likely N-dealkylation sites (tertiary alicyclic amines) is 1. The molecule has 0 radical (unpaired) electrons. The van der Waals surface area contributed by atoms with Crippen LogP contribution in [-0.2, 0) is 4.79 Å². The number of carbonyl (C=O) groups is 1. The topological polar surface area (TPSA) is 55.3 Å². The molecule has 116 valence electrons. The van der Waals surface area contributed by atoms with E-state index in [9.17, 15) is 4.79 Å². The highest BCUT2D eigenvalue weighted by Gasteiger charge is 2.42. The van der Waals surface area contributed by atoms with Crippen molar-refractivity contribution in [3.63, 3.8) is 0 Å². The van der Waals surface area contributed by atoms with Gasteiger partial charge in [0.1, 0.15) is 6.10 Å². The molecular weight excluding hydrogens is 278 g/mol. The average molecular weight is 299 g/mol. The van der Waals surface area contributed by atoms with Crippen molar-refractivity contribution in [1.82, 2.24) is 15.1 Å². The Bertz CT molecular complexity index is 598. The maximum Gasteiger partial charge on any atom is 0.233 e. The van der Waals surface area contributed by atoms with E-state index in [-0.39, 0.29) is 12.0 Å². The minimum Gasteiger partial charge on any atom is -0.471 e. The summed E-state index contributed by atoms with van der Waals surface area (Å²) in [5.74, 6) is 2.18. The smallest absolute Gasteiger partial charge is 0.233 e. The van der Waals surface area contributed by atoms with Crippen LogP contribution in [0.4, 0.5) is 0 Å². The van der Waals surface area contributed by atoms with Crippen molar-refractivity contribution in [3.05, 3.63) is 30.0 Å². The number of nitrogens with zero attached hydrogens (tertiary/aromatic N) is 3. The van der Waals surface area contributed by atoms with Gasteiger partial charge >= 0.3 is 0 Å². The monoisotopic (exact) mass is 299 g/mol. The van der Waals surface area contributed by atoms with E-state index in [1.165, 1.54) is 6.42 Å². The van der Waals surface area contributed by atoms with Crippen LogP contribution in [0.2, 0.25) is 0 Å². The molecule has 2 aliphatic carbocycles. The molecule has 2 bridgehead atoms. The Morgan fingerprint density at radius 2 is 2.18 bits per heavy atom. The fraction of sp³-hybridized carbons (Fsp3) is 0.588. The molecule has 5 nitrogen and oxygen atoms in total. The molecule has 1 amide bonds. The Kier molecular flexibility index (Phi) is 3.36. The Morgan fingerprint density at radius 1 is 1.27 bits per heavy atom. The number of hydrogen-bond acceptors (Lipinski definition) is 4. The number of amides is 1. The van der Waals surface area contributed by atoms with Crippen molar-refractivity contribution in [1.29, 1.82) is 0 Å². The largest absolute Gasteiger partial charge is 0.471 e. The van der Waals surface area contributed by atoms with Crippen molar-refractivity contribution in [2.24, 2.45) is 17.8 Å². The van der Waals surface area contributed by atoms with Crippen LogP contribution in [0, 0.1) is 24.7 Å². The van der Waals surface area contributed by atoms with Gasteiger partial charge in [-0.2, -0.15) is 5.10 Å². The Balaban J connectivity index is 1.35. The summed E-state index contributed by atoms with van der Waals surface area (Å²) >= 11 is 0. The van der Waals surface area contributed by atoms with Crippen LogP contribution in [0.3, 0.4) is 0 Å². The number of hydrogen-bond donors (Lipinski definition) is 0. The fourth-order valence-corrected chi connectivity index (χ4v) is 3.94. The maximum absolute atomic E-state index is 12.7. The molecule has 4 rings (SSSR count). The van der Waals surface area contributed by atoms with Gasteiger partial charge in [0.25, 0.3) is 0 Å². The van der Waals surface area contributed by atoms with E-state index in [0.29, 0.717) is 30.2 Å². The van der Waals surface area contributed by atoms with Crippen LogP contribution in [0.15, 0.2) is 24.3 Å². The molecular formula is C17H21N3O2. The maximum atomic E-state index is 12.7. The van der Waals surface area contributed by atoms with Gasteiger partial charge in [0.2, 0.25) is 11.8 Å². The van der Waals surface area contributed by atoms with Crippen LogP contribution < -0.4 is 4.74 Å². The lowest BCUT2D eigenvalue weighted by Gasteiger charge is -2.24. The second-order valence-corrected chi connectivity index (χ2v) is 6.71. The Hall–Kier alpha value is -1.91. The zero-order chi connectivity index (χ0) is 15.1. The summed E-state index contributed by atoms with van der Waals surface area (Å²) in [6.07, 6.45) is 7.63. The second kappa shape index (κ2) is 5.38. The minimum absolute atomic E-state index is 0.0371. The molecule has 0 spiro atoms. The third-order valence-electron chi connectivity index (χ3n) is 5.11. The van der Waals surface area contributed by atoms with E-state index < -0.39 is 0 Å². The molecule has 1 saturated carbocycles. The number of allylic oxidation sites excluding steroid dienone is 2. The van der Waals surface area contributed by atoms with Gasteiger partial charge in [-0.05, 0) is 37.7 Å². The minimum atomic E-state index is 0.0371. The van der Waals surface area contributed by atoms with E-state index in [2.05, 4.69) is 22.3 Å². The van der Waals surface area contributed by atoms with E-state index >= 15 is 0 Å². The number of ether oxygens (including phenoxy) is 1. The molecule has 1 aromatic rings. The highest BCUT2D eigenvalue weighted by molar-refractivity contribution is 5.80. The molecule has 2 fully saturated rings. The summed E-state index contributed by atoms with van der Waals surface area (Å²) in [7, 11) is 0. The predicted octanol–water partition coefficient (Wildman–Crippen LogP) is 1.98. The summed E-state index contributed by atoms with van der Waals surface area (Å²) in [6, 6.07) is 3.73. The lowest BCUT2D eigenvalue weighted by atomic mass is 9.92. The molecule has 5 heteroatoms. The van der Waals surface area contributed by atoms with Crippen LogP contribution >= 0.6 is 0 Å². The first-order chi connectivity index (χ1) is 10.7. The first-order valence-electron chi connectivity index (χ1n) is 8.13. The standard InChI is InChI=1S/C17H21N3O2/c1-11-2-5-16(19-18-11)22-14-6-7-20(10-14)17(21)15-9-12-3-4-13(15)8-12/h2-5,12-15H,6-10H2,1H3. The first-order valence-corrected chi connectivity index (χ1v) is 8.13. The first kappa shape index (κ1) is 13.7. The van der Waals surface area contributed by atoms with Crippen LogP contribution in [-0.4, -0.2) is 40.2 Å². The third kappa shape index (κ3) is 2.49. The van der Waals surface area contributed by atoms with E-state index in [1.54, 1.807) is 0 Å². The van der Waals surface area contributed by atoms with Crippen molar-refractivity contribution >= 4 is 5.91 Å². The zero-order valence-electron chi connectivity index (χ0n) is 12.8. The molecule has 0 N–H and O–H groups in total. The van der Waals surface area contributed by atoms with Gasteiger partial charge in [-0.3, -0.25) is 4.79 Å². The van der Waals surface area contributed by atoms with Crippen LogP contribution in [0.5, 0.6) is 5.88 Å². The molecule has 0 aromatic carbocycles. The van der Waals surface area contributed by atoms with Crippen molar-refractivity contribution in [2.45, 2.75) is 32.3 Å². The highest BCUT2D eigenvalue weighted by Crippen LogP contribution is 2.44. The van der Waals surface area contributed by atoms with E-state index in [4.69, 9.17) is 4.74 Å². The average Bonchev–Trinajstić information content (AvgIpc) is 3.25. The lowest BCUT2D eigenvalue weighted by Crippen LogP contribution is -2.37. The Morgan fingerprint density at radius 3 is 2.86 bits per heavy atom. The zero-order valence-corrected chi connectivity index (χ0v) is 12.8. The van der Waals surface area contributed by atoms with Crippen molar-refractivity contribution in [2.75, 3.05) is 13.1 Å². The molecule has 3 aliphatic rings. The van der Waals surface area contributed by atoms with Gasteiger partial charge in [-0.25, -0.2) is 0 Å². The summed E-state index contributed by atoms with van der Waals surface area (Å²) < 4.78 is 5.85. The second-order valence-electron chi connectivity index (χ2n) is 6.71. The van der Waals surface area contributed by atoms with Gasteiger partial charge in [0, 0.05) is 24.9 Å². The molecule has 22 heavy (non-hydrogen) atoms. The van der Waals surface area contributed by atoms with Crippen molar-refractivity contribution in [3.8, 4) is 5.88 Å². The number of fused-ring (bicyclic) bond motifs is 2. The number of carbonyl (C=O) groups excluding carboxylic acids is 1. The number of aryl methyl sites for hydroxylation is 1. The van der Waals surface area contributed by atoms with E-state index in [0.717, 1.165) is 25.1 Å². The normalized spacial score (nSPS) is 32.7. The fourth-order valence-electron chi connectivity index (χ4n) is 3.94. The SMILES string of the molecule is Cc1ccc(OC2CCN(C(=O)C3CC4C=CC3C4)C2)nn1. The molecule has 4 atom stereocenters. The predicted molar refractivity (Wildman–Crippen MR) is 81.2 cm³/mol. The molecule has 1 aromatic heterocycles. The van der Waals surface area contributed by atoms with Gasteiger partial charge in [0.15, 0.2) is 0 Å². The Labute approximate surface area is 130 Å². The summed E-state index contributed by atoms with van der Waals surface area (Å²) in [5, 5.41) is 8.04. The molecule has 1 aliphatic heterocycles. The summed E-state index contributed by atoms with van der Waals surface area (Å²) in [6.45, 7) is 3.36. The number of rotatable bonds is 3. The van der Waals surface area contributed by atoms with E-state index in [1.807, 2.05) is 24.0 Å². The summed E-state index contributed by atoms with van der Waals surface area (Å²) in [5.41, 5.74) is 0.875. The third-order valence-corrected chi connectivity index (χ3v) is 5.11. The quantitative estimate of drug-likeness (QED) is 0.801. The van der Waals surface area contributed by atoms with Gasteiger partial charge in [-0.15, -0.1) is 5.10 Å². The van der Waals surface area contributed by atoms with Crippen LogP contribution in [0.1, 0.15) is 25.0 Å². The highest BCUT2D eigenvalue weighted by atomic mass is 16.5. The van der Waals surface area contributed by atoms with Crippen LogP contribution in [0.25, 0.3) is 0 Å². The van der Waals surface area contributed by atoms with Gasteiger partial charge < -0.3 is 9.64 Å². The molecule has 1 saturated heterocycles. The number of aromatic nitrogens is 2. The van der Waals surface area contributed by atoms with Gasteiger partial charge in [0.05, 0.1) is 12.2 Å². The van der Waals surface area contributed by atoms with Crippen molar-refractivity contribution < 1.29 is 9.53 Å². The summed E-state index contributed by atoms with van der Waals surface area (Å²) in [4.78, 5) is 14.7. The molecule has 4 unspecified atom stereocenters.